The number of alkyl halides is 1. The number of rotatable bonds is 3. The van der Waals surface area contributed by atoms with Crippen LogP contribution in [0.1, 0.15) is 48.0 Å². The third-order valence-corrected chi connectivity index (χ3v) is 3.24. The molecule has 0 aromatic heterocycles. The maximum atomic E-state index is 6.01. The van der Waals surface area contributed by atoms with Crippen molar-refractivity contribution in [3.63, 3.8) is 0 Å². The Morgan fingerprint density at radius 2 is 1.50 bits per heavy atom. The lowest BCUT2D eigenvalue weighted by Gasteiger charge is -2.37. The van der Waals surface area contributed by atoms with E-state index >= 15 is 0 Å². The Morgan fingerprint density at radius 1 is 1.08 bits per heavy atom. The van der Waals surface area contributed by atoms with Crippen molar-refractivity contribution in [2.45, 2.75) is 48.0 Å². The van der Waals surface area contributed by atoms with Gasteiger partial charge in [-0.05, 0) is 23.2 Å². The number of hydrogen-bond donors (Lipinski definition) is 0. The molecule has 0 aromatic carbocycles. The van der Waals surface area contributed by atoms with Crippen LogP contribution < -0.4 is 0 Å². The second kappa shape index (κ2) is 4.00. The van der Waals surface area contributed by atoms with Crippen molar-refractivity contribution < 1.29 is 0 Å². The maximum absolute atomic E-state index is 6.01. The zero-order valence-corrected chi connectivity index (χ0v) is 10.1. The maximum Gasteiger partial charge on any atom is 0.0280 e. The second-order valence-electron chi connectivity index (χ2n) is 5.68. The van der Waals surface area contributed by atoms with Gasteiger partial charge in [-0.3, -0.25) is 0 Å². The highest BCUT2D eigenvalue weighted by molar-refractivity contribution is 6.18. The zero-order valence-electron chi connectivity index (χ0n) is 9.37. The van der Waals surface area contributed by atoms with E-state index in [9.17, 15) is 0 Å². The Hall–Kier alpha value is 0.290. The highest BCUT2D eigenvalue weighted by Gasteiger charge is 2.31. The first-order valence-corrected chi connectivity index (χ1v) is 5.31. The Kier molecular flexibility index (Phi) is 4.10. The highest BCUT2D eigenvalue weighted by atomic mass is 35.5. The number of halogens is 1. The fraction of sp³-hybridized carbons (Fsp3) is 1.00. The van der Waals surface area contributed by atoms with Crippen molar-refractivity contribution in [1.82, 2.24) is 0 Å². The summed E-state index contributed by atoms with van der Waals surface area (Å²) < 4.78 is 0. The molecule has 0 spiro atoms. The van der Waals surface area contributed by atoms with E-state index in [1.165, 1.54) is 6.42 Å². The molecule has 1 heteroatoms. The van der Waals surface area contributed by atoms with Crippen LogP contribution in [0.15, 0.2) is 0 Å². The summed E-state index contributed by atoms with van der Waals surface area (Å²) in [4.78, 5) is 0. The van der Waals surface area contributed by atoms with Crippen molar-refractivity contribution in [1.29, 1.82) is 0 Å². The van der Waals surface area contributed by atoms with Gasteiger partial charge in [0.05, 0.1) is 0 Å². The van der Waals surface area contributed by atoms with Crippen LogP contribution >= 0.6 is 11.6 Å². The summed E-state index contributed by atoms with van der Waals surface area (Å²) in [5.74, 6) is 1.43. The molecule has 0 fully saturated rings. The first kappa shape index (κ1) is 12.3. The fourth-order valence-corrected chi connectivity index (χ4v) is 2.02. The predicted octanol–water partition coefficient (Wildman–Crippen LogP) is 4.32. The predicted molar refractivity (Wildman–Crippen MR) is 57.7 cm³/mol. The Balaban J connectivity index is 4.35. The number of hydrogen-bond acceptors (Lipinski definition) is 0. The van der Waals surface area contributed by atoms with E-state index in [0.717, 1.165) is 5.88 Å². The van der Waals surface area contributed by atoms with E-state index in [-0.39, 0.29) is 0 Å². The van der Waals surface area contributed by atoms with Crippen molar-refractivity contribution in [2.24, 2.45) is 16.7 Å². The second-order valence-corrected chi connectivity index (χ2v) is 5.95. The summed E-state index contributed by atoms with van der Waals surface area (Å²) in [6.45, 7) is 13.6. The molecule has 0 aromatic rings. The third kappa shape index (κ3) is 3.80. The molecule has 0 nitrogen and oxygen atoms in total. The molecule has 0 rings (SSSR count). The minimum atomic E-state index is 0.291. The SMILES string of the molecule is CC(C)C(C)(CCl)CC(C)(C)C. The summed E-state index contributed by atoms with van der Waals surface area (Å²) in [5.41, 5.74) is 0.674. The molecule has 0 aliphatic carbocycles. The topological polar surface area (TPSA) is 0 Å². The van der Waals surface area contributed by atoms with Crippen LogP contribution in [0.2, 0.25) is 0 Å². The molecule has 0 radical (unpaired) electrons. The van der Waals surface area contributed by atoms with E-state index in [1.54, 1.807) is 0 Å². The van der Waals surface area contributed by atoms with Gasteiger partial charge in [-0.1, -0.05) is 41.5 Å². The Labute approximate surface area is 82.7 Å². The van der Waals surface area contributed by atoms with Crippen molar-refractivity contribution in [2.75, 3.05) is 5.88 Å². The molecule has 0 saturated carbocycles. The molecule has 0 aliphatic rings. The summed E-state index contributed by atoms with van der Waals surface area (Å²) in [5, 5.41) is 0. The normalized spacial score (nSPS) is 18.0. The lowest BCUT2D eigenvalue weighted by atomic mass is 9.70. The monoisotopic (exact) mass is 190 g/mol. The summed E-state index contributed by atoms with van der Waals surface area (Å²) in [6.07, 6.45) is 1.20. The van der Waals surface area contributed by atoms with Crippen molar-refractivity contribution >= 4 is 11.6 Å². The Morgan fingerprint density at radius 3 is 1.58 bits per heavy atom. The van der Waals surface area contributed by atoms with Gasteiger partial charge >= 0.3 is 0 Å². The lowest BCUT2D eigenvalue weighted by molar-refractivity contribution is 0.155. The van der Waals surface area contributed by atoms with Crippen molar-refractivity contribution in [3.05, 3.63) is 0 Å². The summed E-state index contributed by atoms with van der Waals surface area (Å²) in [7, 11) is 0. The standard InChI is InChI=1S/C11H23Cl/c1-9(2)11(6,8-12)7-10(3,4)5/h9H,7-8H2,1-6H3. The molecule has 0 heterocycles. The molecule has 74 valence electrons. The first-order valence-electron chi connectivity index (χ1n) is 4.77. The largest absolute Gasteiger partial charge is 0.126 e. The molecule has 0 saturated heterocycles. The molecular weight excluding hydrogens is 168 g/mol. The minimum absolute atomic E-state index is 0.291. The van der Waals surface area contributed by atoms with Crippen LogP contribution in [-0.4, -0.2) is 5.88 Å². The van der Waals surface area contributed by atoms with E-state index in [2.05, 4.69) is 41.5 Å². The van der Waals surface area contributed by atoms with Crippen LogP contribution in [0.25, 0.3) is 0 Å². The van der Waals surface area contributed by atoms with Crippen LogP contribution in [0.5, 0.6) is 0 Å². The van der Waals surface area contributed by atoms with Gasteiger partial charge in [0.15, 0.2) is 0 Å². The molecule has 0 bridgehead atoms. The minimum Gasteiger partial charge on any atom is -0.126 e. The molecule has 0 aliphatic heterocycles. The van der Waals surface area contributed by atoms with Gasteiger partial charge in [-0.15, -0.1) is 11.6 Å². The van der Waals surface area contributed by atoms with Gasteiger partial charge in [0.1, 0.15) is 0 Å². The van der Waals surface area contributed by atoms with Gasteiger partial charge < -0.3 is 0 Å². The highest BCUT2D eigenvalue weighted by Crippen LogP contribution is 2.39. The molecule has 1 atom stereocenters. The quantitative estimate of drug-likeness (QED) is 0.582. The summed E-state index contributed by atoms with van der Waals surface area (Å²) in [6, 6.07) is 0. The summed E-state index contributed by atoms with van der Waals surface area (Å²) >= 11 is 6.01. The van der Waals surface area contributed by atoms with Crippen LogP contribution in [-0.2, 0) is 0 Å². The fourth-order valence-electron chi connectivity index (χ4n) is 1.62. The van der Waals surface area contributed by atoms with E-state index in [1.807, 2.05) is 0 Å². The third-order valence-electron chi connectivity index (χ3n) is 2.63. The Bertz CT molecular complexity index is 132. The van der Waals surface area contributed by atoms with Gasteiger partial charge in [0.2, 0.25) is 0 Å². The van der Waals surface area contributed by atoms with Crippen LogP contribution in [0.3, 0.4) is 0 Å². The molecule has 1 unspecified atom stereocenters. The first-order chi connectivity index (χ1) is 5.21. The van der Waals surface area contributed by atoms with Gasteiger partial charge in [0.25, 0.3) is 0 Å². The van der Waals surface area contributed by atoms with Crippen LogP contribution in [0, 0.1) is 16.7 Å². The van der Waals surface area contributed by atoms with E-state index in [0.29, 0.717) is 16.7 Å². The molecular formula is C11H23Cl. The zero-order chi connectivity index (χ0) is 9.99. The van der Waals surface area contributed by atoms with Gasteiger partial charge in [0, 0.05) is 5.88 Å². The average Bonchev–Trinajstić information content (AvgIpc) is 1.83. The van der Waals surface area contributed by atoms with Gasteiger partial charge in [-0.2, -0.15) is 0 Å². The smallest absolute Gasteiger partial charge is 0.0280 e. The van der Waals surface area contributed by atoms with Gasteiger partial charge in [-0.25, -0.2) is 0 Å². The van der Waals surface area contributed by atoms with Crippen LogP contribution in [0.4, 0.5) is 0 Å². The average molecular weight is 191 g/mol. The van der Waals surface area contributed by atoms with Crippen molar-refractivity contribution in [3.8, 4) is 0 Å². The lowest BCUT2D eigenvalue weighted by Crippen LogP contribution is -2.30. The molecule has 0 amide bonds. The van der Waals surface area contributed by atoms with E-state index < -0.39 is 0 Å². The van der Waals surface area contributed by atoms with E-state index in [4.69, 9.17) is 11.6 Å². The molecule has 0 N–H and O–H groups in total. The molecule has 12 heavy (non-hydrogen) atoms.